The van der Waals surface area contributed by atoms with Crippen molar-refractivity contribution in [2.45, 2.75) is 54.1 Å². The summed E-state index contributed by atoms with van der Waals surface area (Å²) in [5, 5.41) is 12.6. The van der Waals surface area contributed by atoms with Crippen molar-refractivity contribution in [3.05, 3.63) is 0 Å². The molecule has 0 aromatic rings. The first kappa shape index (κ1) is 14.4. The molecule has 0 saturated carbocycles. The van der Waals surface area contributed by atoms with Crippen LogP contribution in [0.2, 0.25) is 0 Å². The molecule has 0 radical (unpaired) electrons. The van der Waals surface area contributed by atoms with E-state index in [0.29, 0.717) is 6.54 Å². The first-order valence-electron chi connectivity index (χ1n) is 5.47. The van der Waals surface area contributed by atoms with Crippen molar-refractivity contribution in [1.29, 1.82) is 0 Å². The molecule has 0 aliphatic heterocycles. The number of hydrogen-bond donors (Lipinski definition) is 2. The average Bonchev–Trinajstić information content (AvgIpc) is 1.97. The van der Waals surface area contributed by atoms with Crippen molar-refractivity contribution in [2.75, 3.05) is 6.54 Å². The summed E-state index contributed by atoms with van der Waals surface area (Å²) in [5.74, 6) is -0.0765. The Hall–Kier alpha value is -0.570. The monoisotopic (exact) mass is 215 g/mol. The van der Waals surface area contributed by atoms with Crippen LogP contribution in [0.1, 0.15) is 48.0 Å². The van der Waals surface area contributed by atoms with Crippen molar-refractivity contribution in [2.24, 2.45) is 10.8 Å². The van der Waals surface area contributed by atoms with E-state index in [0.717, 1.165) is 0 Å². The van der Waals surface area contributed by atoms with E-state index in [1.54, 1.807) is 0 Å². The summed E-state index contributed by atoms with van der Waals surface area (Å²) in [4.78, 5) is 11.5. The molecule has 0 rings (SSSR count). The molecule has 3 nitrogen and oxygen atoms in total. The van der Waals surface area contributed by atoms with E-state index in [1.807, 2.05) is 20.8 Å². The van der Waals surface area contributed by atoms with E-state index >= 15 is 0 Å². The third kappa shape index (κ3) is 7.37. The summed E-state index contributed by atoms with van der Waals surface area (Å²) in [5.41, 5.74) is -0.151. The van der Waals surface area contributed by atoms with Gasteiger partial charge in [0.05, 0.1) is 12.5 Å². The van der Waals surface area contributed by atoms with Crippen LogP contribution in [-0.2, 0) is 4.79 Å². The van der Waals surface area contributed by atoms with Gasteiger partial charge in [0.2, 0.25) is 5.91 Å². The molecule has 90 valence electrons. The molecule has 1 unspecified atom stereocenters. The van der Waals surface area contributed by atoms with Gasteiger partial charge in [0.25, 0.3) is 0 Å². The van der Waals surface area contributed by atoms with Crippen LogP contribution in [0.15, 0.2) is 0 Å². The van der Waals surface area contributed by atoms with Crippen molar-refractivity contribution >= 4 is 5.91 Å². The number of amides is 1. The Morgan fingerprint density at radius 2 is 1.67 bits per heavy atom. The SMILES string of the molecule is CC(C)(C)CNC(=O)CC(O)C(C)(C)C. The summed E-state index contributed by atoms with van der Waals surface area (Å²) >= 11 is 0. The quantitative estimate of drug-likeness (QED) is 0.756. The zero-order valence-electron chi connectivity index (χ0n) is 10.8. The van der Waals surface area contributed by atoms with Crippen LogP contribution in [0.25, 0.3) is 0 Å². The van der Waals surface area contributed by atoms with E-state index in [9.17, 15) is 9.90 Å². The minimum atomic E-state index is -0.586. The molecule has 0 spiro atoms. The molecular formula is C12H25NO2. The van der Waals surface area contributed by atoms with Gasteiger partial charge in [-0.25, -0.2) is 0 Å². The van der Waals surface area contributed by atoms with Gasteiger partial charge in [-0.3, -0.25) is 4.79 Å². The first-order chi connectivity index (χ1) is 6.52. The first-order valence-corrected chi connectivity index (χ1v) is 5.47. The lowest BCUT2D eigenvalue weighted by Gasteiger charge is -2.26. The maximum atomic E-state index is 11.5. The lowest BCUT2D eigenvalue weighted by atomic mass is 9.87. The van der Waals surface area contributed by atoms with Gasteiger partial charge in [-0.05, 0) is 10.8 Å². The van der Waals surface area contributed by atoms with Gasteiger partial charge >= 0.3 is 0 Å². The zero-order valence-corrected chi connectivity index (χ0v) is 10.8. The molecule has 0 bridgehead atoms. The molecule has 0 aliphatic carbocycles. The van der Waals surface area contributed by atoms with Gasteiger partial charge < -0.3 is 10.4 Å². The summed E-state index contributed by atoms with van der Waals surface area (Å²) < 4.78 is 0. The Kier molecular flexibility index (Phi) is 4.78. The molecular weight excluding hydrogens is 190 g/mol. The number of rotatable bonds is 3. The number of nitrogens with one attached hydrogen (secondary N) is 1. The highest BCUT2D eigenvalue weighted by molar-refractivity contribution is 5.76. The number of hydrogen-bond acceptors (Lipinski definition) is 2. The fourth-order valence-corrected chi connectivity index (χ4v) is 0.918. The van der Waals surface area contributed by atoms with Gasteiger partial charge in [0.1, 0.15) is 0 Å². The van der Waals surface area contributed by atoms with Gasteiger partial charge in [-0.1, -0.05) is 41.5 Å². The topological polar surface area (TPSA) is 49.3 Å². The smallest absolute Gasteiger partial charge is 0.222 e. The van der Waals surface area contributed by atoms with Crippen molar-refractivity contribution in [3.8, 4) is 0 Å². The van der Waals surface area contributed by atoms with Crippen LogP contribution in [0.3, 0.4) is 0 Å². The predicted molar refractivity (Wildman–Crippen MR) is 62.5 cm³/mol. The second-order valence-corrected chi connectivity index (χ2v) is 6.42. The third-order valence-electron chi connectivity index (χ3n) is 2.19. The van der Waals surface area contributed by atoms with E-state index in [4.69, 9.17) is 0 Å². The molecule has 0 aromatic heterocycles. The molecule has 2 N–H and O–H groups in total. The lowest BCUT2D eigenvalue weighted by molar-refractivity contribution is -0.125. The highest BCUT2D eigenvalue weighted by Crippen LogP contribution is 2.21. The summed E-state index contributed by atoms with van der Waals surface area (Å²) in [6.07, 6.45) is -0.406. The predicted octanol–water partition coefficient (Wildman–Crippen LogP) is 1.95. The highest BCUT2D eigenvalue weighted by Gasteiger charge is 2.24. The summed E-state index contributed by atoms with van der Waals surface area (Å²) in [6.45, 7) is 12.6. The Morgan fingerprint density at radius 1 is 1.20 bits per heavy atom. The fourth-order valence-electron chi connectivity index (χ4n) is 0.918. The van der Waals surface area contributed by atoms with Crippen molar-refractivity contribution in [1.82, 2.24) is 5.32 Å². The number of aliphatic hydroxyl groups is 1. The molecule has 0 aromatic carbocycles. The maximum Gasteiger partial charge on any atom is 0.222 e. The third-order valence-corrected chi connectivity index (χ3v) is 2.19. The summed E-state index contributed by atoms with van der Waals surface area (Å²) in [6, 6.07) is 0. The Balaban J connectivity index is 3.96. The molecule has 0 saturated heterocycles. The van der Waals surface area contributed by atoms with E-state index < -0.39 is 6.10 Å². The number of carbonyl (C=O) groups is 1. The highest BCUT2D eigenvalue weighted by atomic mass is 16.3. The second-order valence-electron chi connectivity index (χ2n) is 6.42. The summed E-state index contributed by atoms with van der Waals surface area (Å²) in [7, 11) is 0. The van der Waals surface area contributed by atoms with Crippen LogP contribution >= 0.6 is 0 Å². The van der Waals surface area contributed by atoms with Gasteiger partial charge in [-0.15, -0.1) is 0 Å². The number of aliphatic hydroxyl groups excluding tert-OH is 1. The van der Waals surface area contributed by atoms with E-state index in [-0.39, 0.29) is 23.2 Å². The fraction of sp³-hybridized carbons (Fsp3) is 0.917. The Labute approximate surface area is 93.3 Å². The van der Waals surface area contributed by atoms with E-state index in [1.165, 1.54) is 0 Å². The van der Waals surface area contributed by atoms with Crippen LogP contribution in [0, 0.1) is 10.8 Å². The molecule has 3 heteroatoms. The Bertz CT molecular complexity index is 211. The van der Waals surface area contributed by atoms with Crippen LogP contribution in [0.4, 0.5) is 0 Å². The van der Waals surface area contributed by atoms with Crippen molar-refractivity contribution in [3.63, 3.8) is 0 Å². The molecule has 0 heterocycles. The minimum absolute atomic E-state index is 0.0765. The largest absolute Gasteiger partial charge is 0.392 e. The molecule has 0 aliphatic rings. The molecule has 1 amide bonds. The minimum Gasteiger partial charge on any atom is -0.392 e. The Morgan fingerprint density at radius 3 is 2.00 bits per heavy atom. The van der Waals surface area contributed by atoms with Gasteiger partial charge in [0, 0.05) is 6.54 Å². The molecule has 15 heavy (non-hydrogen) atoms. The number of carbonyl (C=O) groups excluding carboxylic acids is 1. The molecule has 0 fully saturated rings. The standard InChI is InChI=1S/C12H25NO2/c1-11(2,3)8-13-10(15)7-9(14)12(4,5)6/h9,14H,7-8H2,1-6H3,(H,13,15). The average molecular weight is 215 g/mol. The van der Waals surface area contributed by atoms with Crippen molar-refractivity contribution < 1.29 is 9.90 Å². The normalized spacial score (nSPS) is 14.9. The van der Waals surface area contributed by atoms with Crippen LogP contribution < -0.4 is 5.32 Å². The zero-order chi connectivity index (χ0) is 12.3. The lowest BCUT2D eigenvalue weighted by Crippen LogP contribution is -2.37. The van der Waals surface area contributed by atoms with Gasteiger partial charge in [0.15, 0.2) is 0 Å². The van der Waals surface area contributed by atoms with Gasteiger partial charge in [-0.2, -0.15) is 0 Å². The van der Waals surface area contributed by atoms with Crippen LogP contribution in [-0.4, -0.2) is 23.7 Å². The maximum absolute atomic E-state index is 11.5. The van der Waals surface area contributed by atoms with E-state index in [2.05, 4.69) is 26.1 Å². The molecule has 1 atom stereocenters. The second kappa shape index (κ2) is 4.97. The van der Waals surface area contributed by atoms with Crippen LogP contribution in [0.5, 0.6) is 0 Å².